The van der Waals surface area contributed by atoms with Crippen LogP contribution in [-0.4, -0.2) is 38.7 Å². The molecular weight excluding hydrogens is 665 g/mol. The molecule has 4 atom stereocenters. The lowest BCUT2D eigenvalue weighted by atomic mass is 9.53. The van der Waals surface area contributed by atoms with Gasteiger partial charge in [0.25, 0.3) is 0 Å². The van der Waals surface area contributed by atoms with Gasteiger partial charge in [0.05, 0.1) is 18.8 Å². The van der Waals surface area contributed by atoms with Crippen LogP contribution in [0, 0.1) is 30.6 Å². The summed E-state index contributed by atoms with van der Waals surface area (Å²) in [6.45, 7) is 4.62. The van der Waals surface area contributed by atoms with Crippen LogP contribution in [-0.2, 0) is 22.6 Å². The quantitative estimate of drug-likeness (QED) is 0.142. The number of rotatable bonds is 10. The van der Waals surface area contributed by atoms with Gasteiger partial charge in [-0.05, 0) is 91.0 Å². The van der Waals surface area contributed by atoms with E-state index in [1.165, 1.54) is 19.3 Å². The van der Waals surface area contributed by atoms with Crippen LogP contribution < -0.4 is 10.6 Å². The number of hydrogen-bond acceptors (Lipinski definition) is 8. The Morgan fingerprint density at radius 2 is 1.60 bits per heavy atom. The van der Waals surface area contributed by atoms with Gasteiger partial charge >= 0.3 is 6.03 Å². The number of aliphatic hydroxyl groups excluding tert-OH is 1. The van der Waals surface area contributed by atoms with E-state index in [0.29, 0.717) is 6.54 Å². The van der Waals surface area contributed by atoms with Crippen LogP contribution in [0.15, 0.2) is 77.1 Å². The number of urea groups is 1. The highest BCUT2D eigenvalue weighted by molar-refractivity contribution is 8.01. The van der Waals surface area contributed by atoms with Crippen LogP contribution in [0.25, 0.3) is 11.1 Å². The molecule has 2 heterocycles. The highest BCUT2D eigenvalue weighted by Gasteiger charge is 2.51. The number of carbonyl (C=O) groups is 1. The summed E-state index contributed by atoms with van der Waals surface area (Å²) in [5, 5.41) is 25.7. The largest absolute Gasteiger partial charge is 0.392 e. The molecule has 0 spiro atoms. The summed E-state index contributed by atoms with van der Waals surface area (Å²) in [5.74, 6) is 3.19. The van der Waals surface area contributed by atoms with E-state index in [4.69, 9.17) is 9.47 Å². The Hall–Kier alpha value is -3.28. The lowest BCUT2D eigenvalue weighted by Gasteiger charge is -2.56. The van der Waals surface area contributed by atoms with Gasteiger partial charge in [-0.1, -0.05) is 103 Å². The highest BCUT2D eigenvalue weighted by atomic mass is 32.2. The molecule has 1 saturated heterocycles. The zero-order valence-corrected chi connectivity index (χ0v) is 30.3. The van der Waals surface area contributed by atoms with Gasteiger partial charge in [0.2, 0.25) is 0 Å². The zero-order valence-electron chi connectivity index (χ0n) is 28.7. The maximum absolute atomic E-state index is 13.2. The van der Waals surface area contributed by atoms with Gasteiger partial charge in [0.1, 0.15) is 5.01 Å². The number of hydrogen-bond donors (Lipinski definition) is 3. The van der Waals surface area contributed by atoms with Gasteiger partial charge < -0.3 is 25.2 Å². The van der Waals surface area contributed by atoms with E-state index in [9.17, 15) is 9.90 Å². The number of carbonyl (C=O) groups excluding carboxylic acids is 1. The third-order valence-electron chi connectivity index (χ3n) is 11.4. The van der Waals surface area contributed by atoms with Crippen molar-refractivity contribution in [2.45, 2.75) is 93.9 Å². The van der Waals surface area contributed by atoms with Gasteiger partial charge in [-0.3, -0.25) is 0 Å². The molecule has 3 aromatic carbocycles. The molecule has 4 bridgehead atoms. The summed E-state index contributed by atoms with van der Waals surface area (Å²) in [5.41, 5.74) is 6.13. The molecule has 4 saturated carbocycles. The van der Waals surface area contributed by atoms with Crippen LogP contribution in [0.3, 0.4) is 0 Å². The van der Waals surface area contributed by atoms with Crippen molar-refractivity contribution < 1.29 is 19.4 Å². The van der Waals surface area contributed by atoms with Gasteiger partial charge in [0, 0.05) is 29.3 Å². The summed E-state index contributed by atoms with van der Waals surface area (Å²) in [6.07, 6.45) is 6.69. The molecule has 5 fully saturated rings. The molecule has 9 rings (SSSR count). The van der Waals surface area contributed by atoms with E-state index < -0.39 is 6.29 Å². The van der Waals surface area contributed by atoms with E-state index in [2.05, 4.69) is 64.2 Å². The van der Waals surface area contributed by atoms with Crippen LogP contribution in [0.4, 0.5) is 4.79 Å². The number of thioether (sulfide) groups is 1. The normalized spacial score (nSPS) is 29.9. The Kier molecular flexibility index (Phi) is 9.74. The molecule has 10 heteroatoms. The van der Waals surface area contributed by atoms with Crippen LogP contribution in [0.5, 0.6) is 0 Å². The second kappa shape index (κ2) is 14.4. The molecular formula is C40H46N4O4S2. The van der Waals surface area contributed by atoms with Crippen molar-refractivity contribution in [2.75, 3.05) is 5.75 Å². The predicted molar refractivity (Wildman–Crippen MR) is 196 cm³/mol. The molecule has 0 radical (unpaired) electrons. The summed E-state index contributed by atoms with van der Waals surface area (Å²) in [4.78, 5) is 13.2. The number of nitrogens with zero attached hydrogens (tertiary/aromatic N) is 2. The molecule has 5 aliphatic rings. The van der Waals surface area contributed by atoms with Crippen LogP contribution >= 0.6 is 23.1 Å². The minimum atomic E-state index is -0.547. The summed E-state index contributed by atoms with van der Waals surface area (Å²) < 4.78 is 14.3. The molecule has 1 aromatic heterocycles. The first-order valence-electron chi connectivity index (χ1n) is 18.0. The lowest BCUT2D eigenvalue weighted by Crippen LogP contribution is -2.61. The molecule has 8 nitrogen and oxygen atoms in total. The average molecular weight is 711 g/mol. The fourth-order valence-electron chi connectivity index (χ4n) is 9.30. The van der Waals surface area contributed by atoms with Gasteiger partial charge in [-0.25, -0.2) is 4.79 Å². The van der Waals surface area contributed by atoms with E-state index in [1.807, 2.05) is 43.3 Å². The van der Waals surface area contributed by atoms with Crippen molar-refractivity contribution in [3.8, 4) is 11.1 Å². The molecule has 0 unspecified atom stereocenters. The fourth-order valence-corrected chi connectivity index (χ4v) is 11.3. The minimum absolute atomic E-state index is 0.00802. The standard InChI is InChI=1S/C40H46N4O4S2/c1-24-35(23-49-39-44-43-25(2)50-39)47-37(48-36(24)31-9-7-26(22-45)8-10-31)32-13-11-30(12-14-32)34-6-4-3-5-33(34)21-41-38(46)42-40-18-27-15-28(19-40)17-29(16-27)20-40/h3-14,24,27-29,35-37,45H,15-23H2,1-2H3,(H2,41,42,46)/t24-,27?,28?,29?,35+,36+,37+,40?/m0/s1. The van der Waals surface area contributed by atoms with Crippen LogP contribution in [0.2, 0.25) is 0 Å². The Morgan fingerprint density at radius 3 is 2.26 bits per heavy atom. The third kappa shape index (κ3) is 7.23. The van der Waals surface area contributed by atoms with Crippen molar-refractivity contribution in [3.05, 3.63) is 100 Å². The van der Waals surface area contributed by atoms with E-state index >= 15 is 0 Å². The second-order valence-electron chi connectivity index (χ2n) is 15.0. The summed E-state index contributed by atoms with van der Waals surface area (Å²) >= 11 is 3.27. The Labute approximate surface area is 302 Å². The summed E-state index contributed by atoms with van der Waals surface area (Å²) in [6, 6.07) is 24.7. The fraction of sp³-hybridized carbons (Fsp3) is 0.475. The van der Waals surface area contributed by atoms with Crippen molar-refractivity contribution >= 4 is 29.1 Å². The van der Waals surface area contributed by atoms with Crippen molar-refractivity contribution in [3.63, 3.8) is 0 Å². The molecule has 4 aliphatic carbocycles. The zero-order chi connectivity index (χ0) is 34.2. The van der Waals surface area contributed by atoms with Gasteiger partial charge in [-0.2, -0.15) is 0 Å². The minimum Gasteiger partial charge on any atom is -0.392 e. The number of nitrogens with one attached hydrogen (secondary N) is 2. The Bertz CT molecular complexity index is 1760. The maximum Gasteiger partial charge on any atom is 0.315 e. The number of amides is 2. The molecule has 262 valence electrons. The maximum atomic E-state index is 13.2. The molecule has 4 aromatic rings. The Balaban J connectivity index is 0.961. The van der Waals surface area contributed by atoms with Crippen molar-refractivity contribution in [1.82, 2.24) is 20.8 Å². The number of aryl methyl sites for hydroxylation is 1. The van der Waals surface area contributed by atoms with Gasteiger partial charge in [-0.15, -0.1) is 10.2 Å². The molecule has 3 N–H and O–H groups in total. The first-order valence-corrected chi connectivity index (χ1v) is 19.8. The topological polar surface area (TPSA) is 106 Å². The number of ether oxygens (including phenoxy) is 2. The predicted octanol–water partition coefficient (Wildman–Crippen LogP) is 8.36. The average Bonchev–Trinajstić information content (AvgIpc) is 3.54. The second-order valence-corrected chi connectivity index (χ2v) is 17.5. The van der Waals surface area contributed by atoms with E-state index in [1.54, 1.807) is 23.1 Å². The number of aliphatic hydroxyl groups is 1. The van der Waals surface area contributed by atoms with Crippen molar-refractivity contribution in [1.29, 1.82) is 0 Å². The summed E-state index contributed by atoms with van der Waals surface area (Å²) in [7, 11) is 0. The Morgan fingerprint density at radius 1 is 0.920 bits per heavy atom. The molecule has 2 amide bonds. The van der Waals surface area contributed by atoms with E-state index in [0.717, 1.165) is 85.5 Å². The first kappa shape index (κ1) is 33.8. The van der Waals surface area contributed by atoms with Crippen molar-refractivity contribution in [2.24, 2.45) is 23.7 Å². The monoisotopic (exact) mass is 710 g/mol. The van der Waals surface area contributed by atoms with Crippen LogP contribution in [0.1, 0.15) is 85.1 Å². The first-order chi connectivity index (χ1) is 24.3. The van der Waals surface area contributed by atoms with Gasteiger partial charge in [0.15, 0.2) is 10.6 Å². The third-order valence-corrected chi connectivity index (χ3v) is 13.4. The number of benzene rings is 3. The SMILES string of the molecule is Cc1nnc(SC[C@H]2O[C@@H](c3ccc(-c4ccccc4CNC(=O)NC45CC6CC(CC(C6)C4)C5)cc3)O[C@@H](c3ccc(CO)cc3)[C@H]2C)s1. The molecule has 50 heavy (non-hydrogen) atoms. The van der Waals surface area contributed by atoms with E-state index in [-0.39, 0.29) is 36.3 Å². The highest BCUT2D eigenvalue weighted by Crippen LogP contribution is 2.55. The molecule has 1 aliphatic heterocycles. The smallest absolute Gasteiger partial charge is 0.315 e. The number of aromatic nitrogens is 2. The lowest BCUT2D eigenvalue weighted by molar-refractivity contribution is -0.268.